The van der Waals surface area contributed by atoms with E-state index in [2.05, 4.69) is 15.1 Å². The molecule has 138 valence electrons. The lowest BCUT2D eigenvalue weighted by molar-refractivity contribution is -0.141. The predicted octanol–water partition coefficient (Wildman–Crippen LogP) is 2.21. The topological polar surface area (TPSA) is 63.9 Å². The molecule has 9 heteroatoms. The maximum Gasteiger partial charge on any atom is 0.433 e. The minimum Gasteiger partial charge on any atom is -0.352 e. The maximum absolute atomic E-state index is 12.9. The molecular weight excluding hydrogens is 347 g/mol. The molecule has 0 spiro atoms. The van der Waals surface area contributed by atoms with Gasteiger partial charge in [-0.3, -0.25) is 4.79 Å². The lowest BCUT2D eigenvalue weighted by Crippen LogP contribution is -2.38. The van der Waals surface area contributed by atoms with Gasteiger partial charge in [-0.1, -0.05) is 0 Å². The summed E-state index contributed by atoms with van der Waals surface area (Å²) in [5.74, 6) is 0.240. The Morgan fingerprint density at radius 1 is 1.15 bits per heavy atom. The summed E-state index contributed by atoms with van der Waals surface area (Å²) < 4.78 is 40.2. The number of fused-ring (bicyclic) bond motifs is 1. The molecule has 26 heavy (non-hydrogen) atoms. The number of halogens is 3. The normalized spacial score (nSPS) is 19.8. The molecule has 1 aliphatic heterocycles. The summed E-state index contributed by atoms with van der Waals surface area (Å²) in [4.78, 5) is 21.4. The van der Waals surface area contributed by atoms with Crippen LogP contribution < -0.4 is 10.5 Å². The minimum absolute atomic E-state index is 0.115. The molecule has 1 saturated heterocycles. The first kappa shape index (κ1) is 17.0. The van der Waals surface area contributed by atoms with Gasteiger partial charge in [-0.05, 0) is 37.7 Å². The Bertz CT molecular complexity index is 879. The van der Waals surface area contributed by atoms with Gasteiger partial charge in [-0.2, -0.15) is 18.3 Å². The standard InChI is InChI=1S/C17H18F3N5O/c18-17(19,20)14-8-15(22-10-21-14)24-6-2-4-12(24)9-25-16(26)7-11-3-1-5-13(11)23-25/h7-8,10,12H,1-6,9H2. The third-order valence-electron chi connectivity index (χ3n) is 5.02. The van der Waals surface area contributed by atoms with E-state index in [0.29, 0.717) is 13.1 Å². The van der Waals surface area contributed by atoms with Crippen molar-refractivity contribution in [1.29, 1.82) is 0 Å². The van der Waals surface area contributed by atoms with Gasteiger partial charge >= 0.3 is 6.18 Å². The monoisotopic (exact) mass is 365 g/mol. The molecule has 1 unspecified atom stereocenters. The molecule has 3 heterocycles. The Kier molecular flexibility index (Phi) is 4.16. The van der Waals surface area contributed by atoms with Crippen LogP contribution in [0.3, 0.4) is 0 Å². The Hall–Kier alpha value is -2.45. The third-order valence-corrected chi connectivity index (χ3v) is 5.02. The Balaban J connectivity index is 1.59. The Morgan fingerprint density at radius 2 is 2.00 bits per heavy atom. The van der Waals surface area contributed by atoms with E-state index >= 15 is 0 Å². The highest BCUT2D eigenvalue weighted by atomic mass is 19.4. The number of aryl methyl sites for hydroxylation is 2. The number of hydrogen-bond acceptors (Lipinski definition) is 5. The maximum atomic E-state index is 12.9. The second-order valence-corrected chi connectivity index (χ2v) is 6.74. The minimum atomic E-state index is -4.51. The van der Waals surface area contributed by atoms with Crippen molar-refractivity contribution < 1.29 is 13.2 Å². The van der Waals surface area contributed by atoms with Crippen molar-refractivity contribution in [1.82, 2.24) is 19.7 Å². The highest BCUT2D eigenvalue weighted by Crippen LogP contribution is 2.31. The van der Waals surface area contributed by atoms with Crippen LogP contribution in [-0.2, 0) is 25.6 Å². The molecule has 0 N–H and O–H groups in total. The number of hydrogen-bond donors (Lipinski definition) is 0. The van der Waals surface area contributed by atoms with Gasteiger partial charge < -0.3 is 4.90 Å². The van der Waals surface area contributed by atoms with Gasteiger partial charge in [0.1, 0.15) is 17.8 Å². The van der Waals surface area contributed by atoms with E-state index in [4.69, 9.17) is 0 Å². The number of aromatic nitrogens is 4. The highest BCUT2D eigenvalue weighted by Gasteiger charge is 2.34. The largest absolute Gasteiger partial charge is 0.433 e. The number of rotatable bonds is 3. The SMILES string of the molecule is O=c1cc2c(nn1CC1CCCN1c1cc(C(F)(F)F)ncn1)CCC2. The quantitative estimate of drug-likeness (QED) is 0.835. The number of nitrogens with zero attached hydrogens (tertiary/aromatic N) is 5. The molecule has 1 fully saturated rings. The lowest BCUT2D eigenvalue weighted by atomic mass is 10.2. The van der Waals surface area contributed by atoms with Crippen LogP contribution in [0.2, 0.25) is 0 Å². The van der Waals surface area contributed by atoms with Crippen LogP contribution >= 0.6 is 0 Å². The van der Waals surface area contributed by atoms with Crippen LogP contribution in [0.5, 0.6) is 0 Å². The van der Waals surface area contributed by atoms with Crippen LogP contribution in [0.15, 0.2) is 23.3 Å². The van der Waals surface area contributed by atoms with Gasteiger partial charge in [0.05, 0.1) is 18.3 Å². The predicted molar refractivity (Wildman–Crippen MR) is 87.9 cm³/mol. The van der Waals surface area contributed by atoms with Gasteiger partial charge in [-0.15, -0.1) is 0 Å². The molecule has 2 aliphatic rings. The summed E-state index contributed by atoms with van der Waals surface area (Å²) in [5, 5.41) is 4.47. The summed E-state index contributed by atoms with van der Waals surface area (Å²) in [5.41, 5.74) is 0.854. The molecule has 0 amide bonds. The molecule has 1 aliphatic carbocycles. The van der Waals surface area contributed by atoms with E-state index in [-0.39, 0.29) is 17.4 Å². The summed E-state index contributed by atoms with van der Waals surface area (Å²) in [6.45, 7) is 0.941. The molecule has 6 nitrogen and oxygen atoms in total. The Labute approximate surface area is 147 Å². The lowest BCUT2D eigenvalue weighted by Gasteiger charge is -2.26. The van der Waals surface area contributed by atoms with Crippen LogP contribution in [0.1, 0.15) is 36.2 Å². The van der Waals surface area contributed by atoms with Crippen LogP contribution in [-0.4, -0.2) is 32.3 Å². The summed E-state index contributed by atoms with van der Waals surface area (Å²) >= 11 is 0. The summed E-state index contributed by atoms with van der Waals surface area (Å²) in [6, 6.07) is 2.49. The van der Waals surface area contributed by atoms with Crippen molar-refractivity contribution in [2.75, 3.05) is 11.4 Å². The molecule has 0 bridgehead atoms. The van der Waals surface area contributed by atoms with Crippen molar-refractivity contribution in [3.63, 3.8) is 0 Å². The van der Waals surface area contributed by atoms with E-state index in [1.165, 1.54) is 4.68 Å². The van der Waals surface area contributed by atoms with Crippen LogP contribution in [0.25, 0.3) is 0 Å². The fourth-order valence-electron chi connectivity index (χ4n) is 3.76. The van der Waals surface area contributed by atoms with E-state index in [1.54, 1.807) is 6.07 Å². The molecule has 0 aromatic carbocycles. The van der Waals surface area contributed by atoms with E-state index in [1.807, 2.05) is 4.90 Å². The van der Waals surface area contributed by atoms with E-state index in [9.17, 15) is 18.0 Å². The Morgan fingerprint density at radius 3 is 2.81 bits per heavy atom. The summed E-state index contributed by atoms with van der Waals surface area (Å²) in [6.07, 6.45) is 0.785. The van der Waals surface area contributed by atoms with Crippen molar-refractivity contribution in [3.8, 4) is 0 Å². The zero-order chi connectivity index (χ0) is 18.3. The van der Waals surface area contributed by atoms with Crippen LogP contribution in [0, 0.1) is 0 Å². The fraction of sp³-hybridized carbons (Fsp3) is 0.529. The number of anilines is 1. The second kappa shape index (κ2) is 6.37. The molecule has 0 saturated carbocycles. The molecule has 1 atom stereocenters. The van der Waals surface area contributed by atoms with Crippen molar-refractivity contribution in [2.45, 2.75) is 50.9 Å². The first-order chi connectivity index (χ1) is 12.4. The first-order valence-electron chi connectivity index (χ1n) is 8.67. The zero-order valence-corrected chi connectivity index (χ0v) is 14.0. The smallest absolute Gasteiger partial charge is 0.352 e. The molecular formula is C17H18F3N5O. The zero-order valence-electron chi connectivity index (χ0n) is 14.0. The van der Waals surface area contributed by atoms with E-state index < -0.39 is 11.9 Å². The van der Waals surface area contributed by atoms with Crippen molar-refractivity contribution in [3.05, 3.63) is 45.8 Å². The van der Waals surface area contributed by atoms with Gasteiger partial charge in [0.25, 0.3) is 5.56 Å². The third kappa shape index (κ3) is 3.17. The fourth-order valence-corrected chi connectivity index (χ4v) is 3.76. The van der Waals surface area contributed by atoms with Gasteiger partial charge in [0.15, 0.2) is 0 Å². The van der Waals surface area contributed by atoms with Gasteiger partial charge in [-0.25, -0.2) is 14.6 Å². The first-order valence-corrected chi connectivity index (χ1v) is 8.67. The molecule has 0 radical (unpaired) electrons. The molecule has 2 aromatic rings. The number of alkyl halides is 3. The second-order valence-electron chi connectivity index (χ2n) is 6.74. The molecule has 2 aromatic heterocycles. The average Bonchev–Trinajstić information content (AvgIpc) is 3.23. The van der Waals surface area contributed by atoms with E-state index in [0.717, 1.165) is 55.8 Å². The van der Waals surface area contributed by atoms with Crippen LogP contribution in [0.4, 0.5) is 19.0 Å². The molecule has 4 rings (SSSR count). The van der Waals surface area contributed by atoms with Gasteiger partial charge in [0, 0.05) is 18.7 Å². The average molecular weight is 365 g/mol. The summed E-state index contributed by atoms with van der Waals surface area (Å²) in [7, 11) is 0. The van der Waals surface area contributed by atoms with Gasteiger partial charge in [0.2, 0.25) is 0 Å². The van der Waals surface area contributed by atoms with Crippen molar-refractivity contribution in [2.24, 2.45) is 0 Å². The van der Waals surface area contributed by atoms with Crippen molar-refractivity contribution >= 4 is 5.82 Å². The highest BCUT2D eigenvalue weighted by molar-refractivity contribution is 5.42.